The van der Waals surface area contributed by atoms with Crippen LogP contribution in [0.25, 0.3) is 16.5 Å². The summed E-state index contributed by atoms with van der Waals surface area (Å²) in [5, 5.41) is 9.37. The minimum Gasteiger partial charge on any atom is -0.295 e. The van der Waals surface area contributed by atoms with E-state index in [1.165, 1.54) is 10.9 Å². The topological polar surface area (TPSA) is 87.5 Å². The van der Waals surface area contributed by atoms with Gasteiger partial charge in [0.2, 0.25) is 0 Å². The molecule has 0 radical (unpaired) electrons. The van der Waals surface area contributed by atoms with E-state index in [0.29, 0.717) is 27.9 Å². The van der Waals surface area contributed by atoms with Gasteiger partial charge in [-0.25, -0.2) is 4.68 Å². The van der Waals surface area contributed by atoms with Gasteiger partial charge in [0.15, 0.2) is 0 Å². The number of rotatable bonds is 3. The monoisotopic (exact) mass is 474 g/mol. The van der Waals surface area contributed by atoms with Crippen molar-refractivity contribution in [2.24, 2.45) is 5.10 Å². The lowest BCUT2D eigenvalue weighted by Crippen LogP contribution is -2.36. The molecule has 0 saturated heterocycles. The van der Waals surface area contributed by atoms with Crippen LogP contribution in [-0.2, 0) is 0 Å². The molecule has 0 fully saturated rings. The lowest BCUT2D eigenvalue weighted by molar-refractivity contribution is 0.0616. The largest absolute Gasteiger partial charge is 0.295 e. The van der Waals surface area contributed by atoms with Gasteiger partial charge in [0, 0.05) is 15.6 Å². The van der Waals surface area contributed by atoms with E-state index in [2.05, 4.69) is 26.1 Å². The normalized spacial score (nSPS) is 13.5. The third-order valence-electron chi connectivity index (χ3n) is 5.25. The lowest BCUT2D eigenvalue weighted by atomic mass is 9.95. The summed E-state index contributed by atoms with van der Waals surface area (Å²) in [5.41, 5.74) is 1.96. The van der Waals surface area contributed by atoms with Gasteiger partial charge in [0.05, 0.1) is 28.6 Å². The predicted molar refractivity (Wildman–Crippen MR) is 121 cm³/mol. The summed E-state index contributed by atoms with van der Waals surface area (Å²) < 4.78 is 2.28. The Labute approximate surface area is 184 Å². The number of hydrogen-bond acceptors (Lipinski definition) is 4. The Hall–Kier alpha value is -3.78. The fourth-order valence-electron chi connectivity index (χ4n) is 3.72. The van der Waals surface area contributed by atoms with Crippen LogP contribution in [0.1, 0.15) is 32.0 Å². The molecule has 31 heavy (non-hydrogen) atoms. The summed E-state index contributed by atoms with van der Waals surface area (Å²) in [7, 11) is 0. The van der Waals surface area contributed by atoms with Gasteiger partial charge in [-0.1, -0.05) is 40.2 Å². The molecule has 0 saturated carbocycles. The van der Waals surface area contributed by atoms with E-state index in [1.54, 1.807) is 43.3 Å². The van der Waals surface area contributed by atoms with Gasteiger partial charge in [-0.2, -0.15) is 10.1 Å². The van der Waals surface area contributed by atoms with Crippen molar-refractivity contribution in [1.29, 1.82) is 0 Å². The van der Waals surface area contributed by atoms with Crippen LogP contribution in [0.15, 0.2) is 75.0 Å². The highest BCUT2D eigenvalue weighted by Crippen LogP contribution is 2.30. The van der Waals surface area contributed by atoms with E-state index < -0.39 is 11.8 Å². The molecule has 1 N–H and O–H groups in total. The third-order valence-corrected chi connectivity index (χ3v) is 5.78. The van der Waals surface area contributed by atoms with Crippen LogP contribution in [0.4, 0.5) is 0 Å². The average molecular weight is 475 g/mol. The van der Waals surface area contributed by atoms with E-state index in [0.717, 1.165) is 14.9 Å². The molecule has 5 rings (SSSR count). The van der Waals surface area contributed by atoms with Crippen LogP contribution in [0.3, 0.4) is 0 Å². The van der Waals surface area contributed by atoms with E-state index in [9.17, 15) is 14.4 Å². The molecule has 0 aliphatic carbocycles. The molecule has 0 spiro atoms. The number of H-pyrrole nitrogens is 1. The van der Waals surface area contributed by atoms with E-state index >= 15 is 0 Å². The molecule has 2 heterocycles. The molecule has 1 aliphatic rings. The van der Waals surface area contributed by atoms with Crippen molar-refractivity contribution in [2.45, 2.75) is 6.92 Å². The van der Waals surface area contributed by atoms with Gasteiger partial charge >= 0.3 is 0 Å². The van der Waals surface area contributed by atoms with E-state index in [1.807, 2.05) is 24.3 Å². The Kier molecular flexibility index (Phi) is 4.44. The van der Waals surface area contributed by atoms with Crippen molar-refractivity contribution in [2.75, 3.05) is 0 Å². The molecule has 8 heteroatoms. The molecule has 0 atom stereocenters. The number of nitrogens with zero attached hydrogens (tertiary/aromatic N) is 3. The smallest absolute Gasteiger partial charge is 0.282 e. The molecule has 7 nitrogen and oxygen atoms in total. The summed E-state index contributed by atoms with van der Waals surface area (Å²) >= 11 is 3.37. The van der Waals surface area contributed by atoms with Crippen molar-refractivity contribution in [3.63, 3.8) is 0 Å². The molecule has 2 amide bonds. The highest BCUT2D eigenvalue weighted by molar-refractivity contribution is 9.10. The predicted octanol–water partition coefficient (Wildman–Crippen LogP) is 4.02. The number of aromatic nitrogens is 2. The molecule has 152 valence electrons. The number of aromatic amines is 1. The molecule has 4 aromatic rings. The van der Waals surface area contributed by atoms with Crippen molar-refractivity contribution < 1.29 is 9.59 Å². The maximum absolute atomic E-state index is 13.0. The number of hydrogen-bond donors (Lipinski definition) is 1. The number of halogens is 1. The summed E-state index contributed by atoms with van der Waals surface area (Å²) in [6.07, 6.45) is 1.26. The second kappa shape index (κ2) is 7.17. The summed E-state index contributed by atoms with van der Waals surface area (Å²) in [6, 6.07) is 17.8. The van der Waals surface area contributed by atoms with Gasteiger partial charge in [0.25, 0.3) is 17.4 Å². The van der Waals surface area contributed by atoms with Crippen LogP contribution < -0.4 is 5.56 Å². The first-order valence-electron chi connectivity index (χ1n) is 9.48. The van der Waals surface area contributed by atoms with Crippen molar-refractivity contribution in [3.05, 3.63) is 97.9 Å². The van der Waals surface area contributed by atoms with Gasteiger partial charge in [0.1, 0.15) is 0 Å². The number of nitrogens with one attached hydrogen (secondary N) is 1. The zero-order chi connectivity index (χ0) is 21.7. The Balaban J connectivity index is 1.55. The minimum absolute atomic E-state index is 0.264. The number of aryl methyl sites for hydroxylation is 1. The number of imide groups is 1. The Morgan fingerprint density at radius 3 is 2.13 bits per heavy atom. The molecule has 0 unspecified atom stereocenters. The number of carbonyl (C=O) groups is 2. The minimum atomic E-state index is -0.521. The summed E-state index contributed by atoms with van der Waals surface area (Å²) in [5.74, 6) is -1.04. The van der Waals surface area contributed by atoms with Crippen molar-refractivity contribution in [1.82, 2.24) is 14.8 Å². The number of amides is 2. The van der Waals surface area contributed by atoms with Crippen LogP contribution >= 0.6 is 15.9 Å². The molecular weight excluding hydrogens is 460 g/mol. The van der Waals surface area contributed by atoms with E-state index in [4.69, 9.17) is 0 Å². The second-order valence-corrected chi connectivity index (χ2v) is 8.06. The highest BCUT2D eigenvalue weighted by atomic mass is 79.9. The first-order valence-corrected chi connectivity index (χ1v) is 10.3. The number of hydrazone groups is 1. The molecule has 1 aromatic heterocycles. The van der Waals surface area contributed by atoms with E-state index in [-0.39, 0.29) is 11.1 Å². The zero-order valence-corrected chi connectivity index (χ0v) is 17.9. The van der Waals surface area contributed by atoms with Gasteiger partial charge in [-0.05, 0) is 48.7 Å². The Bertz CT molecular complexity index is 1410. The average Bonchev–Trinajstić information content (AvgIpc) is 3.06. The fraction of sp³-hybridized carbons (Fsp3) is 0.0435. The molecule has 1 aliphatic heterocycles. The Morgan fingerprint density at radius 2 is 1.52 bits per heavy atom. The van der Waals surface area contributed by atoms with Crippen molar-refractivity contribution >= 4 is 44.7 Å². The van der Waals surface area contributed by atoms with Gasteiger partial charge in [-0.3, -0.25) is 19.5 Å². The second-order valence-electron chi connectivity index (χ2n) is 7.14. The zero-order valence-electron chi connectivity index (χ0n) is 16.3. The van der Waals surface area contributed by atoms with Gasteiger partial charge in [-0.15, -0.1) is 0 Å². The van der Waals surface area contributed by atoms with Crippen molar-refractivity contribution in [3.8, 4) is 5.69 Å². The lowest BCUT2D eigenvalue weighted by Gasteiger charge is -2.22. The number of benzene rings is 3. The molecule has 3 aromatic carbocycles. The molecular formula is C23H15BrN4O3. The maximum atomic E-state index is 13.0. The van der Waals surface area contributed by atoms with Crippen LogP contribution in [0.2, 0.25) is 0 Å². The highest BCUT2D eigenvalue weighted by Gasteiger charge is 2.32. The fourth-order valence-corrected chi connectivity index (χ4v) is 3.99. The third kappa shape index (κ3) is 3.03. The number of carbonyl (C=O) groups excluding carboxylic acids is 2. The van der Waals surface area contributed by atoms with Gasteiger partial charge < -0.3 is 0 Å². The first kappa shape index (κ1) is 19.2. The first-order chi connectivity index (χ1) is 15.0. The Morgan fingerprint density at radius 1 is 0.903 bits per heavy atom. The van der Waals surface area contributed by atoms with Crippen LogP contribution in [0, 0.1) is 6.92 Å². The van der Waals surface area contributed by atoms with Crippen LogP contribution in [0.5, 0.6) is 0 Å². The standard InChI is InChI=1S/C23H15BrN4O3/c1-13-19(23(31)27(26-13)16-10-8-15(24)9-11-16)12-25-28-21(29)17-6-2-4-14-5-3-7-18(20(14)17)22(28)30/h2-12,26H,1H3/b25-12+. The summed E-state index contributed by atoms with van der Waals surface area (Å²) in [4.78, 5) is 38.8. The maximum Gasteiger partial charge on any atom is 0.282 e. The summed E-state index contributed by atoms with van der Waals surface area (Å²) in [6.45, 7) is 1.73. The molecule has 0 bridgehead atoms. The quantitative estimate of drug-likeness (QED) is 0.359. The SMILES string of the molecule is Cc1[nH]n(-c2ccc(Br)cc2)c(=O)c1/C=N/N1C(=O)c2cccc3cccc(c23)C1=O. The van der Waals surface area contributed by atoms with Crippen LogP contribution in [-0.4, -0.2) is 32.8 Å².